The molecule has 0 saturated heterocycles. The van der Waals surface area contributed by atoms with Gasteiger partial charge < -0.3 is 4.74 Å². The summed E-state index contributed by atoms with van der Waals surface area (Å²) < 4.78 is 29.4. The second-order valence-corrected chi connectivity index (χ2v) is 3.46. The van der Waals surface area contributed by atoms with Gasteiger partial charge in [-0.1, -0.05) is 0 Å². The smallest absolute Gasteiger partial charge is 0.318 e. The quantitative estimate of drug-likeness (QED) is 0.863. The zero-order valence-corrected chi connectivity index (χ0v) is 8.99. The monoisotopic (exact) mass is 254 g/mol. The van der Waals surface area contributed by atoms with E-state index < -0.39 is 18.9 Å². The molecule has 0 amide bonds. The Bertz CT molecular complexity index is 532. The van der Waals surface area contributed by atoms with Crippen molar-refractivity contribution in [3.05, 3.63) is 24.0 Å². The topological polar surface area (TPSA) is 102 Å². The highest BCUT2D eigenvalue weighted by molar-refractivity contribution is 5.60. The third-order valence-corrected chi connectivity index (χ3v) is 2.24. The lowest BCUT2D eigenvalue weighted by atomic mass is 10.0. The fourth-order valence-electron chi connectivity index (χ4n) is 1.42. The Morgan fingerprint density at radius 2 is 2.39 bits per heavy atom. The van der Waals surface area contributed by atoms with Crippen LogP contribution < -0.4 is 5.73 Å². The van der Waals surface area contributed by atoms with E-state index in [-0.39, 0.29) is 11.4 Å². The summed E-state index contributed by atoms with van der Waals surface area (Å²) in [5.74, 6) is 0.0999. The van der Waals surface area contributed by atoms with Crippen LogP contribution in [-0.2, 0) is 4.74 Å². The van der Waals surface area contributed by atoms with Crippen LogP contribution in [0.2, 0.25) is 0 Å². The summed E-state index contributed by atoms with van der Waals surface area (Å²) >= 11 is 0. The van der Waals surface area contributed by atoms with E-state index in [1.807, 2.05) is 0 Å². The highest BCUT2D eigenvalue weighted by Crippen LogP contribution is 2.30. The third kappa shape index (κ3) is 2.11. The Morgan fingerprint density at radius 1 is 1.61 bits per heavy atom. The maximum absolute atomic E-state index is 12.0. The number of aromatic nitrogens is 2. The van der Waals surface area contributed by atoms with Crippen LogP contribution in [0.5, 0.6) is 0 Å². The summed E-state index contributed by atoms with van der Waals surface area (Å²) in [4.78, 5) is 0. The lowest BCUT2D eigenvalue weighted by molar-refractivity contribution is -0.137. The number of azo groups is 1. The molecule has 18 heavy (non-hydrogen) atoms. The summed E-state index contributed by atoms with van der Waals surface area (Å²) in [6.07, 6.45) is 3.01. The Labute approximate surface area is 100 Å². The summed E-state index contributed by atoms with van der Waals surface area (Å²) in [5, 5.41) is 20.2. The SMILES string of the molecule is N#CC1=C(n2cccn2)N=NC1(N)COC(F)F. The van der Waals surface area contributed by atoms with Gasteiger partial charge in [0.05, 0.1) is 6.61 Å². The molecule has 2 rings (SSSR count). The van der Waals surface area contributed by atoms with E-state index in [4.69, 9.17) is 11.0 Å². The summed E-state index contributed by atoms with van der Waals surface area (Å²) in [5.41, 5.74) is 3.94. The van der Waals surface area contributed by atoms with Crippen LogP contribution in [0.1, 0.15) is 0 Å². The zero-order chi connectivity index (χ0) is 13.2. The first-order valence-electron chi connectivity index (χ1n) is 4.83. The van der Waals surface area contributed by atoms with E-state index in [0.717, 1.165) is 0 Å². The Hall–Kier alpha value is -2.18. The van der Waals surface area contributed by atoms with Gasteiger partial charge in [-0.25, -0.2) is 4.68 Å². The van der Waals surface area contributed by atoms with Gasteiger partial charge >= 0.3 is 6.61 Å². The highest BCUT2D eigenvalue weighted by Gasteiger charge is 2.39. The van der Waals surface area contributed by atoms with Gasteiger partial charge in [0, 0.05) is 12.4 Å². The van der Waals surface area contributed by atoms with Gasteiger partial charge in [-0.15, -0.1) is 5.11 Å². The average molecular weight is 254 g/mol. The first-order chi connectivity index (χ1) is 8.57. The van der Waals surface area contributed by atoms with Gasteiger partial charge in [-0.3, -0.25) is 5.73 Å². The minimum absolute atomic E-state index is 0.0770. The van der Waals surface area contributed by atoms with Gasteiger partial charge in [-0.2, -0.15) is 24.3 Å². The Kier molecular flexibility index (Phi) is 3.14. The van der Waals surface area contributed by atoms with Crippen molar-refractivity contribution >= 4 is 5.82 Å². The Morgan fingerprint density at radius 3 is 2.94 bits per heavy atom. The standard InChI is InChI=1S/C9H8F2N6O/c10-8(11)18-5-9(13)6(4-12)7(15-16-9)17-3-1-2-14-17/h1-3,8H,5,13H2. The van der Waals surface area contributed by atoms with Crippen LogP contribution in [0.25, 0.3) is 5.82 Å². The minimum atomic E-state index is -2.99. The fourth-order valence-corrected chi connectivity index (χ4v) is 1.42. The average Bonchev–Trinajstić information content (AvgIpc) is 2.94. The van der Waals surface area contributed by atoms with Crippen LogP contribution in [0.3, 0.4) is 0 Å². The molecule has 2 heterocycles. The Balaban J connectivity index is 2.31. The van der Waals surface area contributed by atoms with E-state index in [0.29, 0.717) is 0 Å². The molecule has 1 aromatic rings. The van der Waals surface area contributed by atoms with Crippen molar-refractivity contribution in [1.29, 1.82) is 5.26 Å². The number of hydrogen-bond acceptors (Lipinski definition) is 6. The second-order valence-electron chi connectivity index (χ2n) is 3.46. The lowest BCUT2D eigenvalue weighted by Gasteiger charge is -2.18. The molecule has 1 aliphatic heterocycles. The molecule has 1 unspecified atom stereocenters. The first-order valence-corrected chi connectivity index (χ1v) is 4.83. The molecule has 7 nitrogen and oxygen atoms in total. The molecule has 0 spiro atoms. The zero-order valence-electron chi connectivity index (χ0n) is 8.99. The van der Waals surface area contributed by atoms with Crippen molar-refractivity contribution in [3.63, 3.8) is 0 Å². The van der Waals surface area contributed by atoms with Gasteiger partial charge in [-0.05, 0) is 6.07 Å². The number of ether oxygens (including phenoxy) is 1. The number of nitriles is 1. The second kappa shape index (κ2) is 4.59. The fraction of sp³-hybridized carbons (Fsp3) is 0.333. The molecule has 0 aliphatic carbocycles. The van der Waals surface area contributed by atoms with Crippen molar-refractivity contribution < 1.29 is 13.5 Å². The summed E-state index contributed by atoms with van der Waals surface area (Å²) in [6, 6.07) is 3.41. The molecular formula is C9H8F2N6O. The van der Waals surface area contributed by atoms with Crippen LogP contribution in [0, 0.1) is 11.3 Å². The number of rotatable bonds is 4. The molecular weight excluding hydrogens is 246 g/mol. The molecule has 94 valence electrons. The largest absolute Gasteiger partial charge is 0.345 e. The molecule has 0 saturated carbocycles. The molecule has 1 aromatic heterocycles. The van der Waals surface area contributed by atoms with Crippen molar-refractivity contribution in [3.8, 4) is 6.07 Å². The third-order valence-electron chi connectivity index (χ3n) is 2.24. The molecule has 9 heteroatoms. The molecule has 0 radical (unpaired) electrons. The van der Waals surface area contributed by atoms with Crippen LogP contribution in [-0.4, -0.2) is 28.7 Å². The molecule has 0 bridgehead atoms. The summed E-state index contributed by atoms with van der Waals surface area (Å²) in [6.45, 7) is -3.63. The number of halogens is 2. The molecule has 1 aliphatic rings. The van der Waals surface area contributed by atoms with Crippen molar-refractivity contribution in [2.75, 3.05) is 6.61 Å². The van der Waals surface area contributed by atoms with Crippen LogP contribution >= 0.6 is 0 Å². The minimum Gasteiger partial charge on any atom is -0.318 e. The molecule has 0 fully saturated rings. The highest BCUT2D eigenvalue weighted by atomic mass is 19.3. The van der Waals surface area contributed by atoms with Crippen molar-refractivity contribution in [2.45, 2.75) is 12.3 Å². The molecule has 1 atom stereocenters. The number of nitrogens with two attached hydrogens (primary N) is 1. The van der Waals surface area contributed by atoms with Crippen LogP contribution in [0.4, 0.5) is 8.78 Å². The van der Waals surface area contributed by atoms with Gasteiger partial charge in [0.2, 0.25) is 0 Å². The maximum atomic E-state index is 12.0. The van der Waals surface area contributed by atoms with E-state index in [2.05, 4.69) is 20.1 Å². The molecule has 2 N–H and O–H groups in total. The van der Waals surface area contributed by atoms with E-state index in [1.165, 1.54) is 17.1 Å². The van der Waals surface area contributed by atoms with E-state index in [1.54, 1.807) is 12.1 Å². The van der Waals surface area contributed by atoms with Gasteiger partial charge in [0.1, 0.15) is 11.6 Å². The number of nitrogens with zero attached hydrogens (tertiary/aromatic N) is 5. The van der Waals surface area contributed by atoms with Crippen molar-refractivity contribution in [1.82, 2.24) is 9.78 Å². The van der Waals surface area contributed by atoms with Crippen molar-refractivity contribution in [2.24, 2.45) is 16.0 Å². The molecule has 0 aromatic carbocycles. The lowest BCUT2D eigenvalue weighted by Crippen LogP contribution is -2.43. The predicted octanol–water partition coefficient (Wildman–Crippen LogP) is 0.935. The van der Waals surface area contributed by atoms with E-state index in [9.17, 15) is 8.78 Å². The normalized spacial score (nSPS) is 22.8. The number of alkyl halides is 2. The van der Waals surface area contributed by atoms with Gasteiger partial charge in [0.15, 0.2) is 11.5 Å². The summed E-state index contributed by atoms with van der Waals surface area (Å²) in [7, 11) is 0. The van der Waals surface area contributed by atoms with Crippen LogP contribution in [0.15, 0.2) is 34.3 Å². The number of hydrogen-bond donors (Lipinski definition) is 1. The van der Waals surface area contributed by atoms with E-state index >= 15 is 0 Å². The first kappa shape index (κ1) is 12.3. The predicted molar refractivity (Wildman–Crippen MR) is 54.8 cm³/mol. The van der Waals surface area contributed by atoms with Gasteiger partial charge in [0.25, 0.3) is 0 Å². The maximum Gasteiger partial charge on any atom is 0.345 e.